The van der Waals surface area contributed by atoms with Gasteiger partial charge in [0.15, 0.2) is 16.8 Å². The molecule has 1 aliphatic rings. The molecule has 28 heavy (non-hydrogen) atoms. The van der Waals surface area contributed by atoms with Crippen molar-refractivity contribution in [3.8, 4) is 11.4 Å². The Bertz CT molecular complexity index is 1020. The van der Waals surface area contributed by atoms with E-state index in [1.165, 1.54) is 11.8 Å². The topological polar surface area (TPSA) is 65.6 Å². The predicted molar refractivity (Wildman–Crippen MR) is 111 cm³/mol. The second kappa shape index (κ2) is 7.75. The number of carbonyl (C=O) groups excluding carboxylic acids is 1. The van der Waals surface area contributed by atoms with Crippen LogP contribution in [0.25, 0.3) is 11.4 Å². The van der Waals surface area contributed by atoms with Crippen LogP contribution in [0.5, 0.6) is 0 Å². The zero-order valence-electron chi connectivity index (χ0n) is 16.1. The summed E-state index contributed by atoms with van der Waals surface area (Å²) < 4.78 is 4.29. The summed E-state index contributed by atoms with van der Waals surface area (Å²) in [5, 5.41) is 9.58. The molecule has 1 saturated carbocycles. The largest absolute Gasteiger partial charge is 0.345 e. The summed E-state index contributed by atoms with van der Waals surface area (Å²) in [6.45, 7) is 8.52. The first kappa shape index (κ1) is 18.7. The van der Waals surface area contributed by atoms with Crippen LogP contribution in [0.3, 0.4) is 0 Å². The van der Waals surface area contributed by atoms with E-state index in [4.69, 9.17) is 0 Å². The van der Waals surface area contributed by atoms with Crippen molar-refractivity contribution in [2.45, 2.75) is 44.4 Å². The lowest BCUT2D eigenvalue weighted by molar-refractivity contribution is 0.102. The first-order chi connectivity index (χ1) is 13.6. The molecule has 0 aliphatic heterocycles. The van der Waals surface area contributed by atoms with Crippen LogP contribution in [-0.2, 0) is 6.54 Å². The second-order valence-electron chi connectivity index (χ2n) is 7.04. The minimum atomic E-state index is 0.115. The second-order valence-corrected chi connectivity index (χ2v) is 7.98. The Morgan fingerprint density at radius 1 is 1.29 bits per heavy atom. The van der Waals surface area contributed by atoms with Gasteiger partial charge in [0, 0.05) is 47.5 Å². The number of rotatable bonds is 8. The van der Waals surface area contributed by atoms with Crippen LogP contribution in [0.4, 0.5) is 0 Å². The van der Waals surface area contributed by atoms with Crippen molar-refractivity contribution in [3.05, 3.63) is 60.2 Å². The highest BCUT2D eigenvalue weighted by atomic mass is 32.2. The van der Waals surface area contributed by atoms with Crippen LogP contribution < -0.4 is 0 Å². The minimum Gasteiger partial charge on any atom is -0.345 e. The van der Waals surface area contributed by atoms with Crippen molar-refractivity contribution in [1.82, 2.24) is 24.3 Å². The smallest absolute Gasteiger partial charge is 0.192 e. The van der Waals surface area contributed by atoms with E-state index in [1.54, 1.807) is 12.4 Å². The fourth-order valence-corrected chi connectivity index (χ4v) is 4.33. The molecule has 0 bridgehead atoms. The average Bonchev–Trinajstić information content (AvgIpc) is 3.40. The molecule has 1 aliphatic carbocycles. The Hall–Kier alpha value is -2.67. The van der Waals surface area contributed by atoms with E-state index < -0.39 is 0 Å². The molecule has 0 amide bonds. The molecule has 3 aromatic heterocycles. The fourth-order valence-electron chi connectivity index (χ4n) is 3.44. The number of carbonyl (C=O) groups is 1. The van der Waals surface area contributed by atoms with Crippen molar-refractivity contribution >= 4 is 17.5 Å². The third-order valence-corrected chi connectivity index (χ3v) is 5.98. The number of Topliss-reactive ketones (excluding diaryl/α,β-unsaturated/α-hetero) is 1. The summed E-state index contributed by atoms with van der Waals surface area (Å²) in [6, 6.07) is 6.28. The van der Waals surface area contributed by atoms with Gasteiger partial charge in [-0.1, -0.05) is 17.8 Å². The Morgan fingerprint density at radius 2 is 2.04 bits per heavy atom. The lowest BCUT2D eigenvalue weighted by atomic mass is 10.2. The quantitative estimate of drug-likeness (QED) is 0.325. The molecular formula is C21H23N5OS. The highest BCUT2D eigenvalue weighted by molar-refractivity contribution is 7.99. The molecule has 7 heteroatoms. The standard InChI is InChI=1S/C21H23N5OS/c1-4-11-25-14(2)12-18(15(25)3)19(27)13-28-21-24-23-20(26(21)17-5-6-17)16-7-9-22-10-8-16/h4,7-10,12,17H,1,5-6,11,13H2,2-3H3. The molecular weight excluding hydrogens is 370 g/mol. The number of ketones is 1. The monoisotopic (exact) mass is 393 g/mol. The first-order valence-electron chi connectivity index (χ1n) is 9.39. The number of hydrogen-bond donors (Lipinski definition) is 0. The van der Waals surface area contributed by atoms with Gasteiger partial charge in [0.05, 0.1) is 5.75 Å². The summed E-state index contributed by atoms with van der Waals surface area (Å²) in [7, 11) is 0. The van der Waals surface area contributed by atoms with E-state index in [9.17, 15) is 4.79 Å². The predicted octanol–water partition coefficient (Wildman–Crippen LogP) is 4.25. The Morgan fingerprint density at radius 3 is 2.71 bits per heavy atom. The van der Waals surface area contributed by atoms with Gasteiger partial charge in [0.2, 0.25) is 0 Å². The highest BCUT2D eigenvalue weighted by Crippen LogP contribution is 2.41. The number of hydrogen-bond acceptors (Lipinski definition) is 5. The van der Waals surface area contributed by atoms with Crippen LogP contribution in [0.15, 0.2) is 48.4 Å². The Balaban J connectivity index is 1.54. The zero-order chi connectivity index (χ0) is 19.7. The van der Waals surface area contributed by atoms with Crippen LogP contribution in [0.2, 0.25) is 0 Å². The minimum absolute atomic E-state index is 0.115. The van der Waals surface area contributed by atoms with E-state index in [0.29, 0.717) is 18.3 Å². The van der Waals surface area contributed by atoms with Crippen LogP contribution in [0.1, 0.15) is 40.6 Å². The van der Waals surface area contributed by atoms with Gasteiger partial charge < -0.3 is 4.57 Å². The van der Waals surface area contributed by atoms with Gasteiger partial charge in [-0.25, -0.2) is 0 Å². The molecule has 3 aromatic rings. The first-order valence-corrected chi connectivity index (χ1v) is 10.4. The number of aryl methyl sites for hydroxylation is 1. The average molecular weight is 394 g/mol. The van der Waals surface area contributed by atoms with Gasteiger partial charge in [-0.05, 0) is 44.9 Å². The SMILES string of the molecule is C=CCn1c(C)cc(C(=O)CSc2nnc(-c3ccncc3)n2C2CC2)c1C. The Labute approximate surface area is 168 Å². The molecule has 6 nitrogen and oxygen atoms in total. The third kappa shape index (κ3) is 3.54. The molecule has 0 atom stereocenters. The lowest BCUT2D eigenvalue weighted by Gasteiger charge is -2.09. The summed E-state index contributed by atoms with van der Waals surface area (Å²) in [4.78, 5) is 16.9. The van der Waals surface area contributed by atoms with Gasteiger partial charge >= 0.3 is 0 Å². The van der Waals surface area contributed by atoms with Gasteiger partial charge in [0.25, 0.3) is 0 Å². The van der Waals surface area contributed by atoms with Crippen molar-refractivity contribution in [1.29, 1.82) is 0 Å². The maximum Gasteiger partial charge on any atom is 0.192 e. The number of nitrogens with zero attached hydrogens (tertiary/aromatic N) is 5. The molecule has 4 rings (SSSR count). The lowest BCUT2D eigenvalue weighted by Crippen LogP contribution is -2.07. The maximum absolute atomic E-state index is 12.9. The van der Waals surface area contributed by atoms with E-state index in [2.05, 4.69) is 30.9 Å². The molecule has 0 spiro atoms. The maximum atomic E-state index is 12.9. The zero-order valence-corrected chi connectivity index (χ0v) is 16.9. The summed E-state index contributed by atoms with van der Waals surface area (Å²) in [5.74, 6) is 1.31. The fraction of sp³-hybridized carbons (Fsp3) is 0.333. The van der Waals surface area contributed by atoms with Crippen molar-refractivity contribution < 1.29 is 4.79 Å². The molecule has 1 fully saturated rings. The number of thioether (sulfide) groups is 1. The van der Waals surface area contributed by atoms with Crippen LogP contribution in [0, 0.1) is 13.8 Å². The molecule has 3 heterocycles. The van der Waals surface area contributed by atoms with E-state index >= 15 is 0 Å². The summed E-state index contributed by atoms with van der Waals surface area (Å²) in [6.07, 6.45) is 7.62. The molecule has 0 N–H and O–H groups in total. The summed E-state index contributed by atoms with van der Waals surface area (Å²) in [5.41, 5.74) is 3.84. The van der Waals surface area contributed by atoms with Crippen LogP contribution in [-0.4, -0.2) is 35.9 Å². The summed E-state index contributed by atoms with van der Waals surface area (Å²) >= 11 is 1.47. The van der Waals surface area contributed by atoms with Gasteiger partial charge in [0.1, 0.15) is 0 Å². The van der Waals surface area contributed by atoms with Gasteiger partial charge in [-0.15, -0.1) is 16.8 Å². The van der Waals surface area contributed by atoms with Gasteiger partial charge in [-0.2, -0.15) is 0 Å². The Kier molecular flexibility index (Phi) is 5.17. The molecule has 0 aromatic carbocycles. The van der Waals surface area contributed by atoms with E-state index in [-0.39, 0.29) is 5.78 Å². The molecule has 0 unspecified atom stereocenters. The van der Waals surface area contributed by atoms with E-state index in [1.807, 2.05) is 38.1 Å². The van der Waals surface area contributed by atoms with Crippen molar-refractivity contribution in [2.24, 2.45) is 0 Å². The molecule has 0 radical (unpaired) electrons. The van der Waals surface area contributed by atoms with Crippen molar-refractivity contribution in [2.75, 3.05) is 5.75 Å². The normalized spacial score (nSPS) is 13.6. The van der Waals surface area contributed by atoms with E-state index in [0.717, 1.165) is 46.3 Å². The van der Waals surface area contributed by atoms with Gasteiger partial charge in [-0.3, -0.25) is 14.3 Å². The molecule has 144 valence electrons. The van der Waals surface area contributed by atoms with Crippen LogP contribution >= 0.6 is 11.8 Å². The number of allylic oxidation sites excluding steroid dienone is 1. The highest BCUT2D eigenvalue weighted by Gasteiger charge is 2.30. The molecule has 0 saturated heterocycles. The van der Waals surface area contributed by atoms with Crippen molar-refractivity contribution in [3.63, 3.8) is 0 Å². The number of aromatic nitrogens is 5. The number of pyridine rings is 1. The third-order valence-electron chi connectivity index (χ3n) is 5.03.